The highest BCUT2D eigenvalue weighted by atomic mass is 32.2. The molecule has 1 fully saturated rings. The molecule has 3 aromatic carbocycles. The molecule has 2 heterocycles. The van der Waals surface area contributed by atoms with E-state index < -0.39 is 6.36 Å². The largest absolute Gasteiger partial charge is 0.573 e. The topological polar surface area (TPSA) is 84.6 Å². The van der Waals surface area contributed by atoms with E-state index in [1.54, 1.807) is 11.8 Å². The number of nitrogens with zero attached hydrogens (tertiary/aromatic N) is 5. The highest BCUT2D eigenvalue weighted by Gasteiger charge is 2.31. The molecule has 0 bridgehead atoms. The molecule has 1 atom stereocenters. The average molecular weight is 651 g/mol. The monoisotopic (exact) mass is 650 g/mol. The number of alkyl halides is 3. The first-order valence-electron chi connectivity index (χ1n) is 15.3. The number of carbonyl (C=O) groups is 1. The van der Waals surface area contributed by atoms with Gasteiger partial charge >= 0.3 is 12.4 Å². The molecule has 4 aromatic rings. The molecule has 1 aromatic heterocycles. The third-order valence-corrected chi connectivity index (χ3v) is 8.75. The van der Waals surface area contributed by atoms with Crippen LogP contribution in [0.2, 0.25) is 0 Å². The maximum Gasteiger partial charge on any atom is 0.573 e. The zero-order valence-corrected chi connectivity index (χ0v) is 26.8. The summed E-state index contributed by atoms with van der Waals surface area (Å²) < 4.78 is 42.7. The molecular weight excluding hydrogens is 613 g/mol. The first kappa shape index (κ1) is 33.1. The molecule has 1 aliphatic rings. The van der Waals surface area contributed by atoms with Crippen LogP contribution >= 0.6 is 11.8 Å². The average Bonchev–Trinajstić information content (AvgIpc) is 3.53. The summed E-state index contributed by atoms with van der Waals surface area (Å²) in [4.78, 5) is 23.7. The number of aliphatic imine (C=N–C) groups is 1. The van der Waals surface area contributed by atoms with Gasteiger partial charge in [0.1, 0.15) is 12.1 Å². The number of halogens is 3. The summed E-state index contributed by atoms with van der Waals surface area (Å²) >= 11 is 1.62. The Morgan fingerprint density at radius 3 is 2.50 bits per heavy atom. The van der Waals surface area contributed by atoms with E-state index in [1.807, 2.05) is 30.3 Å². The van der Waals surface area contributed by atoms with Gasteiger partial charge in [0.05, 0.1) is 5.69 Å². The molecular formula is C34H37F3N6O2S. The number of anilines is 1. The highest BCUT2D eigenvalue weighted by Crippen LogP contribution is 2.32. The third kappa shape index (κ3) is 8.68. The van der Waals surface area contributed by atoms with Crippen molar-refractivity contribution in [2.24, 2.45) is 4.99 Å². The molecule has 2 amide bonds. The van der Waals surface area contributed by atoms with Gasteiger partial charge in [0.15, 0.2) is 11.0 Å². The zero-order valence-electron chi connectivity index (χ0n) is 26.0. The Morgan fingerprint density at radius 2 is 1.78 bits per heavy atom. The van der Waals surface area contributed by atoms with Crippen LogP contribution in [-0.4, -0.2) is 51.2 Å². The van der Waals surface area contributed by atoms with Crippen molar-refractivity contribution in [1.29, 1.82) is 0 Å². The molecule has 46 heavy (non-hydrogen) atoms. The number of thioether (sulfide) groups is 1. The lowest BCUT2D eigenvalue weighted by Crippen LogP contribution is -2.36. The number of nitrogens with one attached hydrogen (secondary N) is 1. The van der Waals surface area contributed by atoms with E-state index in [0.29, 0.717) is 24.0 Å². The summed E-state index contributed by atoms with van der Waals surface area (Å²) in [7, 11) is 0. The van der Waals surface area contributed by atoms with Gasteiger partial charge in [0, 0.05) is 30.1 Å². The van der Waals surface area contributed by atoms with Crippen LogP contribution < -0.4 is 15.0 Å². The predicted octanol–water partition coefficient (Wildman–Crippen LogP) is 8.55. The van der Waals surface area contributed by atoms with Gasteiger partial charge in [-0.1, -0.05) is 75.0 Å². The lowest BCUT2D eigenvalue weighted by Gasteiger charge is -2.31. The summed E-state index contributed by atoms with van der Waals surface area (Å²) in [6.07, 6.45) is -0.489. The van der Waals surface area contributed by atoms with Crippen LogP contribution in [0, 0.1) is 0 Å². The molecule has 12 heteroatoms. The first-order valence-corrected chi connectivity index (χ1v) is 16.3. The van der Waals surface area contributed by atoms with Gasteiger partial charge in [-0.05, 0) is 72.6 Å². The van der Waals surface area contributed by atoms with E-state index in [4.69, 9.17) is 0 Å². The van der Waals surface area contributed by atoms with E-state index in [0.717, 1.165) is 53.5 Å². The standard InChI is InChI=1S/C34H37F3N6O2S/c1-23(2)29-9-4-5-10-30(29)42-20-7-21-46-33(42)40-32(44)38-19-6-8-24(3)25-11-13-26(14-12-25)31-39-22-43(41-31)27-15-17-28(18-16-27)45-34(35,36)37/h4-5,9-18,22-24H,6-8,19-21H2,1-3H3,(H,38,44). The molecule has 8 nitrogen and oxygen atoms in total. The fourth-order valence-electron chi connectivity index (χ4n) is 5.27. The fraction of sp³-hybridized carbons (Fsp3) is 0.353. The van der Waals surface area contributed by atoms with Crippen LogP contribution in [0.4, 0.5) is 23.7 Å². The number of hydrogen-bond donors (Lipinski definition) is 1. The molecule has 1 unspecified atom stereocenters. The van der Waals surface area contributed by atoms with E-state index >= 15 is 0 Å². The van der Waals surface area contributed by atoms with Gasteiger partial charge in [0.2, 0.25) is 0 Å². The Labute approximate surface area is 271 Å². The number of amidine groups is 1. The molecule has 0 radical (unpaired) electrons. The van der Waals surface area contributed by atoms with Crippen LogP contribution in [0.5, 0.6) is 5.75 Å². The molecule has 0 aliphatic carbocycles. The number of amides is 2. The van der Waals surface area contributed by atoms with Gasteiger partial charge in [-0.25, -0.2) is 14.5 Å². The van der Waals surface area contributed by atoms with Gasteiger partial charge < -0.3 is 15.0 Å². The number of benzene rings is 3. The molecule has 1 saturated heterocycles. The van der Waals surface area contributed by atoms with E-state index in [9.17, 15) is 18.0 Å². The third-order valence-electron chi connectivity index (χ3n) is 7.69. The van der Waals surface area contributed by atoms with Crippen molar-refractivity contribution in [3.8, 4) is 22.8 Å². The molecule has 242 valence electrons. The Hall–Kier alpha value is -4.32. The van der Waals surface area contributed by atoms with Crippen LogP contribution in [-0.2, 0) is 0 Å². The van der Waals surface area contributed by atoms with Crippen molar-refractivity contribution in [3.05, 3.63) is 90.3 Å². The Kier molecular flexibility index (Phi) is 10.7. The van der Waals surface area contributed by atoms with Crippen LogP contribution in [0.25, 0.3) is 17.1 Å². The fourth-order valence-corrected chi connectivity index (χ4v) is 6.22. The summed E-state index contributed by atoms with van der Waals surface area (Å²) in [5, 5.41) is 8.18. The second-order valence-corrected chi connectivity index (χ2v) is 12.5. The number of ether oxygens (including phenoxy) is 1. The lowest BCUT2D eigenvalue weighted by atomic mass is 9.95. The van der Waals surface area contributed by atoms with Crippen molar-refractivity contribution >= 4 is 28.6 Å². The number of para-hydroxylation sites is 1. The second-order valence-electron chi connectivity index (χ2n) is 11.4. The Morgan fingerprint density at radius 1 is 1.04 bits per heavy atom. The summed E-state index contributed by atoms with van der Waals surface area (Å²) in [5.74, 6) is 1.79. The minimum absolute atomic E-state index is 0.275. The van der Waals surface area contributed by atoms with Crippen molar-refractivity contribution in [3.63, 3.8) is 0 Å². The lowest BCUT2D eigenvalue weighted by molar-refractivity contribution is -0.274. The van der Waals surface area contributed by atoms with Gasteiger partial charge in [0.25, 0.3) is 0 Å². The minimum atomic E-state index is -4.74. The maximum atomic E-state index is 12.8. The van der Waals surface area contributed by atoms with Crippen molar-refractivity contribution in [1.82, 2.24) is 20.1 Å². The maximum absolute atomic E-state index is 12.8. The molecule has 1 aliphatic heterocycles. The van der Waals surface area contributed by atoms with Gasteiger partial charge in [-0.2, -0.15) is 4.99 Å². The molecule has 0 saturated carbocycles. The Bertz CT molecular complexity index is 1640. The first-order chi connectivity index (χ1) is 22.1. The van der Waals surface area contributed by atoms with E-state index in [-0.39, 0.29) is 17.7 Å². The Balaban J connectivity index is 1.11. The zero-order chi connectivity index (χ0) is 32.7. The van der Waals surface area contributed by atoms with Crippen molar-refractivity contribution < 1.29 is 22.7 Å². The van der Waals surface area contributed by atoms with Crippen molar-refractivity contribution in [2.75, 3.05) is 23.7 Å². The molecule has 5 rings (SSSR count). The smallest absolute Gasteiger partial charge is 0.406 e. The number of hydrogen-bond acceptors (Lipinski definition) is 5. The van der Waals surface area contributed by atoms with E-state index in [2.05, 4.69) is 69.0 Å². The molecule has 1 N–H and O–H groups in total. The number of rotatable bonds is 10. The minimum Gasteiger partial charge on any atom is -0.406 e. The number of aromatic nitrogens is 3. The quantitative estimate of drug-likeness (QED) is 0.173. The predicted molar refractivity (Wildman–Crippen MR) is 177 cm³/mol. The summed E-state index contributed by atoms with van der Waals surface area (Å²) in [5.41, 5.74) is 4.91. The number of urea groups is 1. The molecule has 0 spiro atoms. The van der Waals surface area contributed by atoms with Crippen LogP contribution in [0.3, 0.4) is 0 Å². The normalized spacial score (nSPS) is 15.3. The van der Waals surface area contributed by atoms with Crippen LogP contribution in [0.1, 0.15) is 63.0 Å². The number of carbonyl (C=O) groups excluding carboxylic acids is 1. The van der Waals surface area contributed by atoms with Crippen LogP contribution in [0.15, 0.2) is 84.1 Å². The van der Waals surface area contributed by atoms with Gasteiger partial charge in [-0.3, -0.25) is 0 Å². The summed E-state index contributed by atoms with van der Waals surface area (Å²) in [6, 6.07) is 21.4. The van der Waals surface area contributed by atoms with Gasteiger partial charge in [-0.15, -0.1) is 18.3 Å². The second kappa shape index (κ2) is 14.8. The SMILES string of the molecule is CC(C)c1ccccc1N1CCCSC1=NC(=O)NCCCC(C)c1ccc(-c2ncn(-c3ccc(OC(F)(F)F)cc3)n2)cc1. The summed E-state index contributed by atoms with van der Waals surface area (Å²) in [6.45, 7) is 7.88. The van der Waals surface area contributed by atoms with E-state index in [1.165, 1.54) is 40.8 Å². The van der Waals surface area contributed by atoms with Crippen molar-refractivity contribution in [2.45, 2.75) is 58.2 Å². The highest BCUT2D eigenvalue weighted by molar-refractivity contribution is 8.14.